The molecular weight excluding hydrogens is 638 g/mol. The Morgan fingerprint density at radius 3 is 1.16 bits per heavy atom. The fraction of sp³-hybridized carbons (Fsp3) is 0.525. The van der Waals surface area contributed by atoms with Crippen molar-refractivity contribution in [3.63, 3.8) is 0 Å². The van der Waals surface area contributed by atoms with Crippen molar-refractivity contribution in [2.75, 3.05) is 33.0 Å². The maximum Gasteiger partial charge on any atom is 0.324 e. The molecule has 4 aromatic carbocycles. The topological polar surface area (TPSA) is 116 Å². The van der Waals surface area contributed by atoms with Gasteiger partial charge in [-0.15, -0.1) is 0 Å². The first kappa shape index (κ1) is 38.3. The summed E-state index contributed by atoms with van der Waals surface area (Å²) in [5.74, 6) is 1.43. The van der Waals surface area contributed by atoms with Gasteiger partial charge in [-0.3, -0.25) is 14.9 Å². The van der Waals surface area contributed by atoms with Gasteiger partial charge in [0.2, 0.25) is 0 Å². The van der Waals surface area contributed by atoms with E-state index in [4.69, 9.17) is 28.4 Å². The smallest absolute Gasteiger partial charge is 0.324 e. The molecule has 0 aromatic heterocycles. The minimum atomic E-state index is -0.687. The number of hydrogen-bond acceptors (Lipinski definition) is 9. The van der Waals surface area contributed by atoms with E-state index in [9.17, 15) is 14.9 Å². The van der Waals surface area contributed by atoms with Gasteiger partial charge in [-0.25, -0.2) is 0 Å². The van der Waals surface area contributed by atoms with Crippen molar-refractivity contribution in [3.05, 3.63) is 40.4 Å². The largest absolute Gasteiger partial charge is 0.490 e. The molecule has 0 aliphatic heterocycles. The molecule has 4 rings (SSSR count). The maximum atomic E-state index is 13.1. The number of nitrogens with zero attached hydrogens (tertiary/aromatic N) is 1. The van der Waals surface area contributed by atoms with Gasteiger partial charge in [0.15, 0.2) is 28.7 Å². The van der Waals surface area contributed by atoms with E-state index in [1.54, 1.807) is 6.07 Å². The molecule has 0 fully saturated rings. The summed E-state index contributed by atoms with van der Waals surface area (Å²) in [4.78, 5) is 25.0. The van der Waals surface area contributed by atoms with E-state index in [0.29, 0.717) is 83.0 Å². The molecule has 10 heteroatoms. The SMILES string of the molecule is CCCCOc1cc2c3cc(OCCCC)c(OCCCC)cc3c3c([N+](=O)[O-])c(OC(C)=O)c(OCCCC)cc3c2cc1OCCCC. The molecule has 0 unspecified atom stereocenters. The van der Waals surface area contributed by atoms with Crippen molar-refractivity contribution in [1.29, 1.82) is 0 Å². The van der Waals surface area contributed by atoms with E-state index in [0.717, 1.165) is 69.6 Å². The Kier molecular flexibility index (Phi) is 14.6. The molecule has 0 N–H and O–H groups in total. The quantitative estimate of drug-likeness (QED) is 0.0198. The molecule has 0 saturated carbocycles. The van der Waals surface area contributed by atoms with Gasteiger partial charge in [-0.05, 0) is 78.6 Å². The zero-order valence-corrected chi connectivity index (χ0v) is 30.6. The van der Waals surface area contributed by atoms with E-state index >= 15 is 0 Å². The molecule has 0 spiro atoms. The third kappa shape index (κ3) is 9.20. The molecule has 0 atom stereocenters. The van der Waals surface area contributed by atoms with Gasteiger partial charge in [0, 0.05) is 17.7 Å². The highest BCUT2D eigenvalue weighted by Gasteiger charge is 2.31. The van der Waals surface area contributed by atoms with Crippen molar-refractivity contribution in [2.24, 2.45) is 0 Å². The summed E-state index contributed by atoms with van der Waals surface area (Å²) < 4.78 is 36.9. The van der Waals surface area contributed by atoms with Crippen LogP contribution in [-0.4, -0.2) is 43.9 Å². The number of nitro benzene ring substituents is 1. The molecular formula is C40H53NO9. The van der Waals surface area contributed by atoms with Gasteiger partial charge in [0.05, 0.1) is 43.3 Å². The lowest BCUT2D eigenvalue weighted by molar-refractivity contribution is -0.383. The molecule has 0 bridgehead atoms. The molecule has 0 heterocycles. The number of unbranched alkanes of at least 4 members (excludes halogenated alkanes) is 5. The Balaban J connectivity index is 2.21. The Bertz CT molecular complexity index is 1720. The van der Waals surface area contributed by atoms with Crippen LogP contribution in [0.3, 0.4) is 0 Å². The van der Waals surface area contributed by atoms with Crippen LogP contribution in [0.15, 0.2) is 30.3 Å². The molecule has 0 saturated heterocycles. The number of esters is 1. The van der Waals surface area contributed by atoms with Crippen LogP contribution < -0.4 is 28.4 Å². The van der Waals surface area contributed by atoms with Gasteiger partial charge in [0.25, 0.3) is 5.75 Å². The van der Waals surface area contributed by atoms with Crippen LogP contribution in [0.4, 0.5) is 5.69 Å². The Morgan fingerprint density at radius 2 is 0.840 bits per heavy atom. The second-order valence-electron chi connectivity index (χ2n) is 12.5. The average Bonchev–Trinajstić information content (AvgIpc) is 3.09. The van der Waals surface area contributed by atoms with Crippen LogP contribution in [0, 0.1) is 10.1 Å². The third-order valence-electron chi connectivity index (χ3n) is 8.44. The highest BCUT2D eigenvalue weighted by molar-refractivity contribution is 6.29. The molecule has 0 amide bonds. The average molecular weight is 692 g/mol. The first-order valence-corrected chi connectivity index (χ1v) is 18.3. The third-order valence-corrected chi connectivity index (χ3v) is 8.44. The molecule has 10 nitrogen and oxygen atoms in total. The van der Waals surface area contributed by atoms with Gasteiger partial charge in [-0.1, -0.05) is 66.7 Å². The first-order valence-electron chi connectivity index (χ1n) is 18.3. The van der Waals surface area contributed by atoms with Crippen molar-refractivity contribution in [2.45, 2.75) is 106 Å². The molecule has 0 aliphatic carbocycles. The lowest BCUT2D eigenvalue weighted by Crippen LogP contribution is -2.08. The fourth-order valence-corrected chi connectivity index (χ4v) is 5.71. The Labute approximate surface area is 295 Å². The van der Waals surface area contributed by atoms with Gasteiger partial charge >= 0.3 is 11.7 Å². The lowest BCUT2D eigenvalue weighted by Gasteiger charge is -2.20. The minimum Gasteiger partial charge on any atom is -0.490 e. The van der Waals surface area contributed by atoms with E-state index in [1.165, 1.54) is 6.92 Å². The summed E-state index contributed by atoms with van der Waals surface area (Å²) in [6.45, 7) is 13.9. The van der Waals surface area contributed by atoms with E-state index < -0.39 is 10.9 Å². The lowest BCUT2D eigenvalue weighted by atomic mass is 9.92. The second kappa shape index (κ2) is 19.1. The Hall–Kier alpha value is -4.47. The summed E-state index contributed by atoms with van der Waals surface area (Å²) in [7, 11) is 0. The maximum absolute atomic E-state index is 13.1. The van der Waals surface area contributed by atoms with E-state index in [-0.39, 0.29) is 17.2 Å². The monoisotopic (exact) mass is 691 g/mol. The molecule has 0 radical (unpaired) electrons. The number of carbonyl (C=O) groups excluding carboxylic acids is 1. The van der Waals surface area contributed by atoms with Crippen LogP contribution in [-0.2, 0) is 4.79 Å². The van der Waals surface area contributed by atoms with Gasteiger partial charge in [0.1, 0.15) is 0 Å². The normalized spacial score (nSPS) is 11.2. The zero-order valence-electron chi connectivity index (χ0n) is 30.6. The van der Waals surface area contributed by atoms with Crippen molar-refractivity contribution in [1.82, 2.24) is 0 Å². The predicted octanol–water partition coefficient (Wildman–Crippen LogP) is 10.9. The minimum absolute atomic E-state index is 0.129. The van der Waals surface area contributed by atoms with Crippen LogP contribution in [0.5, 0.6) is 34.5 Å². The molecule has 272 valence electrons. The molecule has 50 heavy (non-hydrogen) atoms. The number of hydrogen-bond donors (Lipinski definition) is 0. The number of ether oxygens (including phenoxy) is 6. The summed E-state index contributed by atoms with van der Waals surface area (Å²) in [6, 6.07) is 9.34. The van der Waals surface area contributed by atoms with E-state index in [2.05, 4.69) is 27.7 Å². The van der Waals surface area contributed by atoms with Crippen LogP contribution >= 0.6 is 0 Å². The number of nitro groups is 1. The van der Waals surface area contributed by atoms with Crippen molar-refractivity contribution >= 4 is 44.0 Å². The summed E-state index contributed by atoms with van der Waals surface area (Å²) in [6.07, 6.45) is 8.83. The summed E-state index contributed by atoms with van der Waals surface area (Å²) >= 11 is 0. The highest BCUT2D eigenvalue weighted by atomic mass is 16.6. The van der Waals surface area contributed by atoms with Crippen molar-refractivity contribution in [3.8, 4) is 34.5 Å². The zero-order chi connectivity index (χ0) is 36.0. The summed E-state index contributed by atoms with van der Waals surface area (Å²) in [5, 5.41) is 16.7. The van der Waals surface area contributed by atoms with Gasteiger partial charge < -0.3 is 28.4 Å². The highest BCUT2D eigenvalue weighted by Crippen LogP contribution is 2.52. The fourth-order valence-electron chi connectivity index (χ4n) is 5.71. The van der Waals surface area contributed by atoms with Crippen molar-refractivity contribution < 1.29 is 38.1 Å². The van der Waals surface area contributed by atoms with Crippen LogP contribution in [0.1, 0.15) is 106 Å². The summed E-state index contributed by atoms with van der Waals surface area (Å²) in [5.41, 5.74) is -0.355. The van der Waals surface area contributed by atoms with E-state index in [1.807, 2.05) is 31.2 Å². The van der Waals surface area contributed by atoms with Gasteiger partial charge in [-0.2, -0.15) is 0 Å². The van der Waals surface area contributed by atoms with Crippen LogP contribution in [0.25, 0.3) is 32.3 Å². The van der Waals surface area contributed by atoms with Crippen LogP contribution in [0.2, 0.25) is 0 Å². The molecule has 0 aliphatic rings. The number of carbonyl (C=O) groups is 1. The number of rotatable bonds is 22. The molecule has 4 aromatic rings. The first-order chi connectivity index (χ1) is 24.3. The second-order valence-corrected chi connectivity index (χ2v) is 12.5. The number of benzene rings is 4. The predicted molar refractivity (Wildman–Crippen MR) is 199 cm³/mol. The standard InChI is InChI=1S/C40H53NO9/c1-7-12-17-45-33-22-28-29-23-35(47-19-14-9-3)36(48-20-15-10-4)25-31(29)38-32(30(28)24-34(33)46-18-13-8-2)26-37(49-21-16-11-5)40(50-27(6)42)39(38)41(43)44/h22-26H,7-21H2,1-6H3. The Morgan fingerprint density at radius 1 is 0.540 bits per heavy atom. The number of fused-ring (bicyclic) bond motifs is 6.